The molecule has 0 aliphatic carbocycles. The topological polar surface area (TPSA) is 20.3 Å². The summed E-state index contributed by atoms with van der Waals surface area (Å²) in [5, 5.41) is 0. The fraction of sp³-hybridized carbons (Fsp3) is 0.588. The first-order valence-corrected chi connectivity index (χ1v) is 7.55. The fourth-order valence-electron chi connectivity index (χ4n) is 3.39. The van der Waals surface area contributed by atoms with Crippen LogP contribution in [0.15, 0.2) is 30.3 Å². The molecule has 1 aromatic rings. The predicted molar refractivity (Wildman–Crippen MR) is 79.5 cm³/mol. The van der Waals surface area contributed by atoms with Gasteiger partial charge in [0.2, 0.25) is 0 Å². The smallest absolute Gasteiger partial charge is 0.179 e. The van der Waals surface area contributed by atoms with Crippen LogP contribution >= 0.6 is 0 Å². The number of hydrogen-bond donors (Lipinski definition) is 0. The molecule has 19 heavy (non-hydrogen) atoms. The lowest BCUT2D eigenvalue weighted by molar-refractivity contribution is 0.0715. The van der Waals surface area contributed by atoms with Crippen molar-refractivity contribution >= 4 is 5.78 Å². The van der Waals surface area contributed by atoms with Crippen molar-refractivity contribution in [2.75, 3.05) is 0 Å². The number of carbonyl (C=O) groups is 1. The molecule has 1 aliphatic heterocycles. The third kappa shape index (κ3) is 2.89. The van der Waals surface area contributed by atoms with E-state index in [0.717, 1.165) is 18.4 Å². The third-order valence-corrected chi connectivity index (χ3v) is 4.43. The van der Waals surface area contributed by atoms with Gasteiger partial charge in [-0.1, -0.05) is 44.2 Å². The molecule has 3 unspecified atom stereocenters. The van der Waals surface area contributed by atoms with Gasteiger partial charge in [0.05, 0.1) is 6.04 Å². The molecule has 1 aliphatic rings. The Hall–Kier alpha value is -1.15. The van der Waals surface area contributed by atoms with E-state index >= 15 is 0 Å². The van der Waals surface area contributed by atoms with Crippen molar-refractivity contribution in [3.05, 3.63) is 35.9 Å². The molecular formula is C17H25NO. The Bertz CT molecular complexity index is 415. The summed E-state index contributed by atoms with van der Waals surface area (Å²) < 4.78 is 0. The lowest BCUT2D eigenvalue weighted by atomic mass is 9.99. The zero-order valence-corrected chi connectivity index (χ0v) is 12.3. The molecule has 0 amide bonds. The van der Waals surface area contributed by atoms with E-state index in [1.807, 2.05) is 30.3 Å². The van der Waals surface area contributed by atoms with Gasteiger partial charge in [-0.15, -0.1) is 0 Å². The van der Waals surface area contributed by atoms with E-state index in [0.29, 0.717) is 12.1 Å². The van der Waals surface area contributed by atoms with Gasteiger partial charge in [-0.3, -0.25) is 9.69 Å². The van der Waals surface area contributed by atoms with Crippen molar-refractivity contribution in [3.8, 4) is 0 Å². The zero-order chi connectivity index (χ0) is 13.8. The van der Waals surface area contributed by atoms with Crippen LogP contribution in [0.25, 0.3) is 0 Å². The lowest BCUT2D eigenvalue weighted by Crippen LogP contribution is -2.47. The second-order valence-electron chi connectivity index (χ2n) is 5.59. The number of carbonyl (C=O) groups excluding carboxylic acids is 1. The van der Waals surface area contributed by atoms with Gasteiger partial charge in [0.25, 0.3) is 0 Å². The van der Waals surface area contributed by atoms with Crippen molar-refractivity contribution in [3.63, 3.8) is 0 Å². The molecule has 0 bridgehead atoms. The summed E-state index contributed by atoms with van der Waals surface area (Å²) in [7, 11) is 0. The minimum Gasteiger partial charge on any atom is -0.292 e. The number of likely N-dealkylation sites (tertiary alicyclic amines) is 1. The Labute approximate surface area is 116 Å². The summed E-state index contributed by atoms with van der Waals surface area (Å²) in [5.74, 6) is 0.287. The molecule has 0 saturated carbocycles. The molecule has 3 atom stereocenters. The standard InChI is InChI=1S/C17H25NO/c1-4-15-12-11-13(3)18(15)16(5-2)17(19)14-9-7-6-8-10-14/h6-10,13,15-16H,4-5,11-12H2,1-3H3. The van der Waals surface area contributed by atoms with Gasteiger partial charge in [0.1, 0.15) is 0 Å². The number of nitrogens with zero attached hydrogens (tertiary/aromatic N) is 1. The van der Waals surface area contributed by atoms with Crippen LogP contribution < -0.4 is 0 Å². The van der Waals surface area contributed by atoms with Gasteiger partial charge in [-0.25, -0.2) is 0 Å². The number of rotatable bonds is 5. The fourth-order valence-corrected chi connectivity index (χ4v) is 3.39. The molecule has 1 fully saturated rings. The summed E-state index contributed by atoms with van der Waals surface area (Å²) in [4.78, 5) is 15.2. The van der Waals surface area contributed by atoms with Crippen LogP contribution in [0.2, 0.25) is 0 Å². The van der Waals surface area contributed by atoms with Gasteiger partial charge in [0.15, 0.2) is 5.78 Å². The summed E-state index contributed by atoms with van der Waals surface area (Å²) in [6, 6.07) is 10.9. The maximum Gasteiger partial charge on any atom is 0.179 e. The summed E-state index contributed by atoms with van der Waals surface area (Å²) >= 11 is 0. The van der Waals surface area contributed by atoms with E-state index < -0.39 is 0 Å². The molecule has 0 aromatic heterocycles. The average molecular weight is 259 g/mol. The second-order valence-corrected chi connectivity index (χ2v) is 5.59. The Morgan fingerprint density at radius 3 is 2.53 bits per heavy atom. The first-order chi connectivity index (χ1) is 9.19. The van der Waals surface area contributed by atoms with Gasteiger partial charge < -0.3 is 0 Å². The minimum absolute atomic E-state index is 0.0462. The molecule has 1 heterocycles. The van der Waals surface area contributed by atoms with Crippen LogP contribution in [0.5, 0.6) is 0 Å². The van der Waals surface area contributed by atoms with E-state index in [1.165, 1.54) is 12.8 Å². The van der Waals surface area contributed by atoms with Crippen molar-refractivity contribution in [2.24, 2.45) is 0 Å². The molecule has 0 N–H and O–H groups in total. The highest BCUT2D eigenvalue weighted by Crippen LogP contribution is 2.30. The van der Waals surface area contributed by atoms with E-state index in [-0.39, 0.29) is 11.8 Å². The maximum absolute atomic E-state index is 12.7. The normalized spacial score (nSPS) is 25.4. The van der Waals surface area contributed by atoms with Crippen LogP contribution in [0.3, 0.4) is 0 Å². The molecule has 1 saturated heterocycles. The highest BCUT2D eigenvalue weighted by molar-refractivity contribution is 6.00. The third-order valence-electron chi connectivity index (χ3n) is 4.43. The number of Topliss-reactive ketones (excluding diaryl/α,β-unsaturated/α-hetero) is 1. The van der Waals surface area contributed by atoms with Crippen LogP contribution in [0, 0.1) is 0 Å². The number of benzene rings is 1. The average Bonchev–Trinajstić information content (AvgIpc) is 2.82. The second kappa shape index (κ2) is 6.33. The Balaban J connectivity index is 2.22. The largest absolute Gasteiger partial charge is 0.292 e. The molecule has 104 valence electrons. The van der Waals surface area contributed by atoms with Crippen molar-refractivity contribution < 1.29 is 4.79 Å². The van der Waals surface area contributed by atoms with Crippen molar-refractivity contribution in [1.29, 1.82) is 0 Å². The van der Waals surface area contributed by atoms with Crippen LogP contribution in [0.4, 0.5) is 0 Å². The first kappa shape index (κ1) is 14.3. The van der Waals surface area contributed by atoms with Crippen LogP contribution in [0.1, 0.15) is 56.8 Å². The van der Waals surface area contributed by atoms with E-state index in [4.69, 9.17) is 0 Å². The van der Waals surface area contributed by atoms with E-state index in [2.05, 4.69) is 25.7 Å². The summed E-state index contributed by atoms with van der Waals surface area (Å²) in [5.41, 5.74) is 0.850. The van der Waals surface area contributed by atoms with Gasteiger partial charge >= 0.3 is 0 Å². The molecule has 1 aromatic carbocycles. The first-order valence-electron chi connectivity index (χ1n) is 7.55. The van der Waals surface area contributed by atoms with Crippen LogP contribution in [-0.4, -0.2) is 28.8 Å². The number of hydrogen-bond acceptors (Lipinski definition) is 2. The van der Waals surface area contributed by atoms with Gasteiger partial charge in [-0.2, -0.15) is 0 Å². The predicted octanol–water partition coefficient (Wildman–Crippen LogP) is 3.91. The van der Waals surface area contributed by atoms with Gasteiger partial charge in [-0.05, 0) is 32.6 Å². The highest BCUT2D eigenvalue weighted by Gasteiger charge is 2.37. The Morgan fingerprint density at radius 2 is 1.95 bits per heavy atom. The van der Waals surface area contributed by atoms with E-state index in [1.54, 1.807) is 0 Å². The maximum atomic E-state index is 12.7. The minimum atomic E-state index is 0.0462. The van der Waals surface area contributed by atoms with Crippen molar-refractivity contribution in [2.45, 2.75) is 64.6 Å². The molecule has 0 radical (unpaired) electrons. The number of ketones is 1. The SMILES string of the molecule is CCC1CCC(C)N1C(CC)C(=O)c1ccccc1. The molecule has 2 nitrogen and oxygen atoms in total. The quantitative estimate of drug-likeness (QED) is 0.747. The monoisotopic (exact) mass is 259 g/mol. The van der Waals surface area contributed by atoms with E-state index in [9.17, 15) is 4.79 Å². The highest BCUT2D eigenvalue weighted by atomic mass is 16.1. The molecule has 2 heteroatoms. The molecule has 0 spiro atoms. The van der Waals surface area contributed by atoms with Crippen LogP contribution in [-0.2, 0) is 0 Å². The molecular weight excluding hydrogens is 234 g/mol. The lowest BCUT2D eigenvalue weighted by Gasteiger charge is -2.34. The van der Waals surface area contributed by atoms with Crippen molar-refractivity contribution in [1.82, 2.24) is 4.90 Å². The Kier molecular flexibility index (Phi) is 4.76. The summed E-state index contributed by atoms with van der Waals surface area (Å²) in [6.07, 6.45) is 4.49. The summed E-state index contributed by atoms with van der Waals surface area (Å²) in [6.45, 7) is 6.62. The Morgan fingerprint density at radius 1 is 1.26 bits per heavy atom. The zero-order valence-electron chi connectivity index (χ0n) is 12.3. The van der Waals surface area contributed by atoms with Gasteiger partial charge in [0, 0.05) is 17.6 Å². The molecule has 2 rings (SSSR count).